The molecule has 28 heavy (non-hydrogen) atoms. The van der Waals surface area contributed by atoms with Crippen LogP contribution in [-0.2, 0) is 6.54 Å². The lowest BCUT2D eigenvalue weighted by Gasteiger charge is -2.13. The lowest BCUT2D eigenvalue weighted by molar-refractivity contribution is 0.102. The average molecular weight is 376 g/mol. The molecule has 3 aromatic rings. The molecule has 2 N–H and O–H groups in total. The summed E-state index contributed by atoms with van der Waals surface area (Å²) in [7, 11) is 5.60. The van der Waals surface area contributed by atoms with Crippen molar-refractivity contribution < 1.29 is 9.53 Å². The van der Waals surface area contributed by atoms with Crippen LogP contribution < -0.4 is 20.3 Å². The van der Waals surface area contributed by atoms with Gasteiger partial charge in [-0.2, -0.15) is 0 Å². The van der Waals surface area contributed by atoms with Crippen molar-refractivity contribution >= 4 is 23.0 Å². The van der Waals surface area contributed by atoms with Gasteiger partial charge in [0.05, 0.1) is 18.4 Å². The van der Waals surface area contributed by atoms with Gasteiger partial charge in [0.15, 0.2) is 0 Å². The van der Waals surface area contributed by atoms with Crippen LogP contribution in [0.5, 0.6) is 5.75 Å². The summed E-state index contributed by atoms with van der Waals surface area (Å²) in [6, 6.07) is 17.3. The lowest BCUT2D eigenvalue weighted by atomic mass is 10.2. The van der Waals surface area contributed by atoms with E-state index < -0.39 is 0 Å². The van der Waals surface area contributed by atoms with Crippen LogP contribution in [0.25, 0.3) is 0 Å². The van der Waals surface area contributed by atoms with E-state index in [4.69, 9.17) is 4.74 Å². The first-order valence-corrected chi connectivity index (χ1v) is 8.96. The number of anilines is 3. The second-order valence-corrected chi connectivity index (χ2v) is 6.56. The number of aromatic nitrogens is 1. The summed E-state index contributed by atoms with van der Waals surface area (Å²) in [5.41, 5.74) is 4.20. The molecule has 1 aromatic heterocycles. The number of hydrogen-bond donors (Lipinski definition) is 2. The molecule has 0 unspecified atom stereocenters. The summed E-state index contributed by atoms with van der Waals surface area (Å²) in [4.78, 5) is 18.7. The largest absolute Gasteiger partial charge is 0.497 e. The molecular weight excluding hydrogens is 352 g/mol. The molecule has 1 heterocycles. The molecule has 6 heteroatoms. The van der Waals surface area contributed by atoms with Crippen LogP contribution in [0.15, 0.2) is 67.0 Å². The van der Waals surface area contributed by atoms with Crippen LogP contribution in [-0.4, -0.2) is 32.1 Å². The molecule has 1 amide bonds. The van der Waals surface area contributed by atoms with Crippen molar-refractivity contribution in [3.63, 3.8) is 0 Å². The number of benzene rings is 2. The second kappa shape index (κ2) is 8.90. The highest BCUT2D eigenvalue weighted by Gasteiger charge is 2.08. The quantitative estimate of drug-likeness (QED) is 0.652. The Hall–Kier alpha value is -3.54. The highest BCUT2D eigenvalue weighted by molar-refractivity contribution is 6.04. The zero-order chi connectivity index (χ0) is 19.9. The minimum Gasteiger partial charge on any atom is -0.497 e. The predicted octanol–water partition coefficient (Wildman–Crippen LogP) is 4.02. The fraction of sp³-hybridized carbons (Fsp3) is 0.182. The van der Waals surface area contributed by atoms with Gasteiger partial charge in [0.2, 0.25) is 0 Å². The Kier molecular flexibility index (Phi) is 6.11. The average Bonchev–Trinajstić information content (AvgIpc) is 2.73. The number of hydrogen-bond acceptors (Lipinski definition) is 5. The van der Waals surface area contributed by atoms with E-state index >= 15 is 0 Å². The third kappa shape index (κ3) is 5.01. The molecule has 0 saturated carbocycles. The summed E-state index contributed by atoms with van der Waals surface area (Å²) in [6.45, 7) is 0.628. The zero-order valence-corrected chi connectivity index (χ0v) is 16.3. The molecule has 0 bridgehead atoms. The van der Waals surface area contributed by atoms with Gasteiger partial charge in [-0.1, -0.05) is 12.1 Å². The molecule has 0 saturated heterocycles. The van der Waals surface area contributed by atoms with Crippen molar-refractivity contribution in [2.24, 2.45) is 0 Å². The number of nitrogens with zero attached hydrogens (tertiary/aromatic N) is 2. The summed E-state index contributed by atoms with van der Waals surface area (Å²) < 4.78 is 5.16. The summed E-state index contributed by atoms with van der Waals surface area (Å²) in [5, 5.41) is 6.19. The number of rotatable bonds is 7. The Bertz CT molecular complexity index is 922. The van der Waals surface area contributed by atoms with Crippen LogP contribution in [0.4, 0.5) is 17.1 Å². The minimum atomic E-state index is -0.196. The Morgan fingerprint density at radius 2 is 1.71 bits per heavy atom. The maximum absolute atomic E-state index is 12.5. The number of methoxy groups -OCH3 is 1. The van der Waals surface area contributed by atoms with Gasteiger partial charge in [-0.25, -0.2) is 0 Å². The first kappa shape index (κ1) is 19.2. The minimum absolute atomic E-state index is 0.196. The number of nitrogens with one attached hydrogen (secondary N) is 2. The van der Waals surface area contributed by atoms with Gasteiger partial charge in [-0.05, 0) is 48.0 Å². The van der Waals surface area contributed by atoms with Crippen LogP contribution in [0, 0.1) is 0 Å². The van der Waals surface area contributed by atoms with Gasteiger partial charge in [0.1, 0.15) is 5.75 Å². The van der Waals surface area contributed by atoms with Crippen LogP contribution in [0.2, 0.25) is 0 Å². The number of carbonyl (C=O) groups excluding carboxylic acids is 1. The maximum atomic E-state index is 12.5. The monoisotopic (exact) mass is 376 g/mol. The van der Waals surface area contributed by atoms with Crippen LogP contribution >= 0.6 is 0 Å². The van der Waals surface area contributed by atoms with E-state index in [-0.39, 0.29) is 5.91 Å². The molecular formula is C22H24N4O2. The van der Waals surface area contributed by atoms with Crippen molar-refractivity contribution in [1.82, 2.24) is 4.98 Å². The SMILES string of the molecule is COc1ccc(CNc2cncc(C(=O)Nc3ccc(N(C)C)cc3)c2)cc1. The molecule has 0 radical (unpaired) electrons. The van der Waals surface area contributed by atoms with Gasteiger partial charge in [-0.3, -0.25) is 9.78 Å². The Balaban J connectivity index is 1.62. The van der Waals surface area contributed by atoms with E-state index in [1.165, 1.54) is 0 Å². The second-order valence-electron chi connectivity index (χ2n) is 6.56. The number of amides is 1. The molecule has 0 aliphatic heterocycles. The first-order valence-electron chi connectivity index (χ1n) is 8.96. The lowest BCUT2D eigenvalue weighted by Crippen LogP contribution is -2.13. The van der Waals surface area contributed by atoms with Crippen molar-refractivity contribution in [3.05, 3.63) is 78.1 Å². The highest BCUT2D eigenvalue weighted by Crippen LogP contribution is 2.18. The van der Waals surface area contributed by atoms with Gasteiger partial charge in [-0.15, -0.1) is 0 Å². The van der Waals surface area contributed by atoms with E-state index in [1.54, 1.807) is 25.6 Å². The maximum Gasteiger partial charge on any atom is 0.257 e. The number of ether oxygens (including phenoxy) is 1. The molecule has 0 atom stereocenters. The normalized spacial score (nSPS) is 10.2. The third-order valence-corrected chi connectivity index (χ3v) is 4.30. The smallest absolute Gasteiger partial charge is 0.257 e. The van der Waals surface area contributed by atoms with E-state index in [9.17, 15) is 4.79 Å². The van der Waals surface area contributed by atoms with Gasteiger partial charge < -0.3 is 20.3 Å². The molecule has 0 spiro atoms. The van der Waals surface area contributed by atoms with E-state index in [0.717, 1.165) is 28.4 Å². The Morgan fingerprint density at radius 1 is 1.00 bits per heavy atom. The fourth-order valence-corrected chi connectivity index (χ4v) is 2.65. The highest BCUT2D eigenvalue weighted by atomic mass is 16.5. The molecule has 2 aromatic carbocycles. The summed E-state index contributed by atoms with van der Waals surface area (Å²) in [5.74, 6) is 0.626. The standard InChI is InChI=1S/C22H24N4O2/c1-26(2)20-8-6-18(7-9-20)25-22(27)17-12-19(15-23-14-17)24-13-16-4-10-21(28-3)11-5-16/h4-12,14-15,24H,13H2,1-3H3,(H,25,27). The van der Waals surface area contributed by atoms with Crippen molar-refractivity contribution in [2.75, 3.05) is 36.7 Å². The number of pyridine rings is 1. The van der Waals surface area contributed by atoms with Crippen molar-refractivity contribution in [1.29, 1.82) is 0 Å². The number of carbonyl (C=O) groups is 1. The molecule has 0 aliphatic carbocycles. The van der Waals surface area contributed by atoms with Crippen molar-refractivity contribution in [2.45, 2.75) is 6.54 Å². The topological polar surface area (TPSA) is 66.5 Å². The first-order chi connectivity index (χ1) is 13.5. The van der Waals surface area contributed by atoms with E-state index in [1.807, 2.05) is 67.5 Å². The molecule has 3 rings (SSSR count). The van der Waals surface area contributed by atoms with Crippen LogP contribution in [0.1, 0.15) is 15.9 Å². The van der Waals surface area contributed by atoms with Gasteiger partial charge >= 0.3 is 0 Å². The zero-order valence-electron chi connectivity index (χ0n) is 16.3. The molecule has 6 nitrogen and oxygen atoms in total. The van der Waals surface area contributed by atoms with Crippen LogP contribution in [0.3, 0.4) is 0 Å². The van der Waals surface area contributed by atoms with Gasteiger partial charge in [0, 0.05) is 44.4 Å². The summed E-state index contributed by atoms with van der Waals surface area (Å²) in [6.07, 6.45) is 3.26. The van der Waals surface area contributed by atoms with Crippen molar-refractivity contribution in [3.8, 4) is 5.75 Å². The van der Waals surface area contributed by atoms with Gasteiger partial charge in [0.25, 0.3) is 5.91 Å². The summed E-state index contributed by atoms with van der Waals surface area (Å²) >= 11 is 0. The third-order valence-electron chi connectivity index (χ3n) is 4.30. The Morgan fingerprint density at radius 3 is 2.36 bits per heavy atom. The molecule has 0 fully saturated rings. The Labute approximate surface area is 165 Å². The predicted molar refractivity (Wildman–Crippen MR) is 113 cm³/mol. The van der Waals surface area contributed by atoms with E-state index in [0.29, 0.717) is 12.1 Å². The fourth-order valence-electron chi connectivity index (χ4n) is 2.65. The molecule has 0 aliphatic rings. The van der Waals surface area contributed by atoms with E-state index in [2.05, 4.69) is 15.6 Å². The molecule has 144 valence electrons.